The van der Waals surface area contributed by atoms with Crippen molar-refractivity contribution in [2.24, 2.45) is 11.8 Å². The smallest absolute Gasteiger partial charge is 0.251 e. The van der Waals surface area contributed by atoms with E-state index in [2.05, 4.69) is 10.6 Å². The van der Waals surface area contributed by atoms with Crippen LogP contribution in [0.2, 0.25) is 0 Å². The number of carbonyl (C=O) groups is 1. The minimum absolute atomic E-state index is 0.0207. The van der Waals surface area contributed by atoms with Gasteiger partial charge in [-0.2, -0.15) is 0 Å². The fraction of sp³-hybridized carbons (Fsp3) is 0.562. The van der Waals surface area contributed by atoms with Crippen molar-refractivity contribution < 1.29 is 4.79 Å². The third kappa shape index (κ3) is 2.66. The standard InChI is InChI=1S/C16H22N2O/c1-17-16(19)13-5-2-11(3-6-13)10-18-15-9-12-4-7-14(15)8-12/h2-3,5-6,12,14-15,18H,4,7-10H2,1H3,(H,17,19)/t12-,14-,15+/m0/s1. The average Bonchev–Trinajstić information content (AvgIpc) is 3.07. The maximum absolute atomic E-state index is 11.5. The van der Waals surface area contributed by atoms with Gasteiger partial charge in [0, 0.05) is 25.2 Å². The van der Waals surface area contributed by atoms with E-state index in [1.165, 1.54) is 31.2 Å². The van der Waals surface area contributed by atoms with E-state index in [0.29, 0.717) is 0 Å². The van der Waals surface area contributed by atoms with E-state index < -0.39 is 0 Å². The molecule has 0 saturated heterocycles. The molecule has 2 fully saturated rings. The van der Waals surface area contributed by atoms with Gasteiger partial charge in [0.15, 0.2) is 0 Å². The molecule has 0 heterocycles. The van der Waals surface area contributed by atoms with E-state index >= 15 is 0 Å². The summed E-state index contributed by atoms with van der Waals surface area (Å²) >= 11 is 0. The summed E-state index contributed by atoms with van der Waals surface area (Å²) in [4.78, 5) is 11.5. The zero-order chi connectivity index (χ0) is 13.2. The molecule has 2 bridgehead atoms. The van der Waals surface area contributed by atoms with Crippen molar-refractivity contribution in [1.82, 2.24) is 10.6 Å². The van der Waals surface area contributed by atoms with Gasteiger partial charge in [-0.25, -0.2) is 0 Å². The molecule has 3 nitrogen and oxygen atoms in total. The van der Waals surface area contributed by atoms with Crippen LogP contribution in [-0.4, -0.2) is 19.0 Å². The molecule has 0 unspecified atom stereocenters. The highest BCUT2D eigenvalue weighted by atomic mass is 16.1. The molecule has 1 aromatic carbocycles. The zero-order valence-electron chi connectivity index (χ0n) is 11.5. The van der Waals surface area contributed by atoms with Gasteiger partial charge in [0.2, 0.25) is 0 Å². The van der Waals surface area contributed by atoms with Crippen LogP contribution in [0.15, 0.2) is 24.3 Å². The fourth-order valence-corrected chi connectivity index (χ4v) is 3.66. The first-order chi connectivity index (χ1) is 9.26. The van der Waals surface area contributed by atoms with Crippen molar-refractivity contribution in [3.05, 3.63) is 35.4 Å². The van der Waals surface area contributed by atoms with Gasteiger partial charge in [-0.15, -0.1) is 0 Å². The number of rotatable bonds is 4. The predicted octanol–water partition coefficient (Wildman–Crippen LogP) is 2.32. The van der Waals surface area contributed by atoms with E-state index in [1.54, 1.807) is 7.05 Å². The Morgan fingerprint density at radius 1 is 1.21 bits per heavy atom. The van der Waals surface area contributed by atoms with Crippen LogP contribution in [0.3, 0.4) is 0 Å². The molecule has 2 N–H and O–H groups in total. The number of nitrogens with one attached hydrogen (secondary N) is 2. The first-order valence-corrected chi connectivity index (χ1v) is 7.30. The molecule has 0 aliphatic heterocycles. The Labute approximate surface area is 114 Å². The lowest BCUT2D eigenvalue weighted by atomic mass is 9.95. The number of fused-ring (bicyclic) bond motifs is 2. The van der Waals surface area contributed by atoms with E-state index in [1.807, 2.05) is 24.3 Å². The van der Waals surface area contributed by atoms with Gasteiger partial charge < -0.3 is 10.6 Å². The van der Waals surface area contributed by atoms with Gasteiger partial charge in [0.05, 0.1) is 0 Å². The molecule has 3 heteroatoms. The third-order valence-corrected chi connectivity index (χ3v) is 4.75. The highest BCUT2D eigenvalue weighted by Gasteiger charge is 2.38. The maximum atomic E-state index is 11.5. The van der Waals surface area contributed by atoms with Crippen molar-refractivity contribution in [2.75, 3.05) is 7.05 Å². The highest BCUT2D eigenvalue weighted by molar-refractivity contribution is 5.93. The molecular weight excluding hydrogens is 236 g/mol. The van der Waals surface area contributed by atoms with Crippen LogP contribution in [0.4, 0.5) is 0 Å². The predicted molar refractivity (Wildman–Crippen MR) is 75.9 cm³/mol. The summed E-state index contributed by atoms with van der Waals surface area (Å²) in [5.41, 5.74) is 1.99. The second-order valence-electron chi connectivity index (χ2n) is 5.94. The quantitative estimate of drug-likeness (QED) is 0.870. The second kappa shape index (κ2) is 5.33. The third-order valence-electron chi connectivity index (χ3n) is 4.75. The van der Waals surface area contributed by atoms with Crippen molar-refractivity contribution >= 4 is 5.91 Å². The number of carbonyl (C=O) groups excluding carboxylic acids is 1. The summed E-state index contributed by atoms with van der Waals surface area (Å²) < 4.78 is 0. The van der Waals surface area contributed by atoms with Gasteiger partial charge in [0.1, 0.15) is 0 Å². The molecule has 3 atom stereocenters. The summed E-state index contributed by atoms with van der Waals surface area (Å²) in [7, 11) is 1.66. The second-order valence-corrected chi connectivity index (χ2v) is 5.94. The number of amides is 1. The van der Waals surface area contributed by atoms with Crippen molar-refractivity contribution in [3.8, 4) is 0 Å². The Morgan fingerprint density at radius 2 is 2.00 bits per heavy atom. The van der Waals surface area contributed by atoms with E-state index in [-0.39, 0.29) is 5.91 Å². The monoisotopic (exact) mass is 258 g/mol. The van der Waals surface area contributed by atoms with Crippen LogP contribution in [0.25, 0.3) is 0 Å². The molecule has 0 aromatic heterocycles. The maximum Gasteiger partial charge on any atom is 0.251 e. The Hall–Kier alpha value is -1.35. The summed E-state index contributed by atoms with van der Waals surface area (Å²) in [5.74, 6) is 1.88. The molecule has 3 rings (SSSR count). The lowest BCUT2D eigenvalue weighted by Crippen LogP contribution is -2.33. The highest BCUT2D eigenvalue weighted by Crippen LogP contribution is 2.44. The van der Waals surface area contributed by atoms with Crippen LogP contribution in [-0.2, 0) is 6.54 Å². The molecule has 0 spiro atoms. The van der Waals surface area contributed by atoms with Gasteiger partial charge in [-0.05, 0) is 48.8 Å². The van der Waals surface area contributed by atoms with Crippen LogP contribution in [0.1, 0.15) is 41.6 Å². The summed E-state index contributed by atoms with van der Waals surface area (Å²) in [6.45, 7) is 0.919. The number of hydrogen-bond donors (Lipinski definition) is 2. The number of hydrogen-bond acceptors (Lipinski definition) is 2. The largest absolute Gasteiger partial charge is 0.355 e. The SMILES string of the molecule is CNC(=O)c1ccc(CN[C@@H]2C[C@H]3CC[C@H]2C3)cc1. The molecule has 0 radical (unpaired) electrons. The lowest BCUT2D eigenvalue weighted by Gasteiger charge is -2.23. The first-order valence-electron chi connectivity index (χ1n) is 7.30. The van der Waals surface area contributed by atoms with Gasteiger partial charge >= 0.3 is 0 Å². The van der Waals surface area contributed by atoms with E-state index in [4.69, 9.17) is 0 Å². The van der Waals surface area contributed by atoms with Gasteiger partial charge in [-0.1, -0.05) is 18.6 Å². The molecule has 2 saturated carbocycles. The summed E-state index contributed by atoms with van der Waals surface area (Å²) in [6, 6.07) is 8.61. The molecular formula is C16H22N2O. The Bertz CT molecular complexity index is 454. The van der Waals surface area contributed by atoms with Crippen LogP contribution >= 0.6 is 0 Å². The Kier molecular flexibility index (Phi) is 3.56. The van der Waals surface area contributed by atoms with E-state index in [9.17, 15) is 4.79 Å². The summed E-state index contributed by atoms with van der Waals surface area (Å²) in [5, 5.41) is 6.33. The number of benzene rings is 1. The molecule has 19 heavy (non-hydrogen) atoms. The molecule has 2 aliphatic carbocycles. The van der Waals surface area contributed by atoms with Crippen molar-refractivity contribution in [2.45, 2.75) is 38.3 Å². The van der Waals surface area contributed by atoms with Crippen LogP contribution in [0.5, 0.6) is 0 Å². The normalized spacial score (nSPS) is 28.6. The summed E-state index contributed by atoms with van der Waals surface area (Å²) in [6.07, 6.45) is 5.66. The molecule has 1 amide bonds. The van der Waals surface area contributed by atoms with Crippen LogP contribution < -0.4 is 10.6 Å². The minimum Gasteiger partial charge on any atom is -0.355 e. The van der Waals surface area contributed by atoms with Crippen molar-refractivity contribution in [3.63, 3.8) is 0 Å². The lowest BCUT2D eigenvalue weighted by molar-refractivity contribution is 0.0963. The molecule has 1 aromatic rings. The Balaban J connectivity index is 1.54. The Morgan fingerprint density at radius 3 is 2.58 bits per heavy atom. The zero-order valence-corrected chi connectivity index (χ0v) is 11.5. The fourth-order valence-electron chi connectivity index (χ4n) is 3.66. The van der Waals surface area contributed by atoms with E-state index in [0.717, 1.165) is 30.0 Å². The van der Waals surface area contributed by atoms with Gasteiger partial charge in [-0.3, -0.25) is 4.79 Å². The van der Waals surface area contributed by atoms with Gasteiger partial charge in [0.25, 0.3) is 5.91 Å². The topological polar surface area (TPSA) is 41.1 Å². The molecule has 2 aliphatic rings. The minimum atomic E-state index is -0.0207. The van der Waals surface area contributed by atoms with Crippen LogP contribution in [0, 0.1) is 11.8 Å². The first kappa shape index (κ1) is 12.7. The average molecular weight is 258 g/mol. The van der Waals surface area contributed by atoms with Crippen molar-refractivity contribution in [1.29, 1.82) is 0 Å². The molecule has 102 valence electrons.